The standard InChI is InChI=1S/C28H27FN4O3S2/c1-20-26(37-28(30-20)31-38(35,36)24-14-12-23(29)13-15-24)27(34)33-18-16-32(17-19-33)25(21-8-4-2-5-9-21)22-10-6-3-7-11-22/h2-15,25H,16-19H2,1H3,(H,30,31). The van der Waals surface area contributed by atoms with Gasteiger partial charge in [-0.1, -0.05) is 72.0 Å². The summed E-state index contributed by atoms with van der Waals surface area (Å²) in [4.78, 5) is 22.2. The summed E-state index contributed by atoms with van der Waals surface area (Å²) in [5, 5.41) is 0.0991. The lowest BCUT2D eigenvalue weighted by Crippen LogP contribution is -2.49. The number of anilines is 1. The zero-order valence-corrected chi connectivity index (χ0v) is 22.4. The van der Waals surface area contributed by atoms with Gasteiger partial charge in [-0.2, -0.15) is 0 Å². The molecule has 1 saturated heterocycles. The van der Waals surface area contributed by atoms with E-state index in [0.717, 1.165) is 23.5 Å². The average molecular weight is 551 g/mol. The fraction of sp³-hybridized carbons (Fsp3) is 0.214. The molecule has 1 aliphatic heterocycles. The molecule has 0 radical (unpaired) electrons. The van der Waals surface area contributed by atoms with Gasteiger partial charge in [-0.25, -0.2) is 17.8 Å². The molecule has 1 aliphatic rings. The van der Waals surface area contributed by atoms with Gasteiger partial charge < -0.3 is 4.90 Å². The van der Waals surface area contributed by atoms with Gasteiger partial charge in [0.1, 0.15) is 10.7 Å². The molecule has 0 bridgehead atoms. The molecule has 0 atom stereocenters. The lowest BCUT2D eigenvalue weighted by atomic mass is 9.96. The number of carbonyl (C=O) groups excluding carboxylic acids is 1. The highest BCUT2D eigenvalue weighted by Crippen LogP contribution is 2.31. The van der Waals surface area contributed by atoms with E-state index in [2.05, 4.69) is 38.9 Å². The number of sulfonamides is 1. The largest absolute Gasteiger partial charge is 0.335 e. The number of nitrogens with one attached hydrogen (secondary N) is 1. The lowest BCUT2D eigenvalue weighted by molar-refractivity contribution is 0.0601. The molecule has 1 N–H and O–H groups in total. The first-order valence-electron chi connectivity index (χ1n) is 12.2. The van der Waals surface area contributed by atoms with Crippen molar-refractivity contribution in [1.29, 1.82) is 0 Å². The second-order valence-electron chi connectivity index (χ2n) is 9.05. The summed E-state index contributed by atoms with van der Waals surface area (Å²) in [6.07, 6.45) is 0. The number of hydrogen-bond acceptors (Lipinski definition) is 6. The van der Waals surface area contributed by atoms with E-state index >= 15 is 0 Å². The van der Waals surface area contributed by atoms with Crippen molar-refractivity contribution in [3.8, 4) is 0 Å². The van der Waals surface area contributed by atoms with E-state index in [1.165, 1.54) is 23.3 Å². The molecule has 2 heterocycles. The second-order valence-corrected chi connectivity index (χ2v) is 11.7. The molecule has 0 saturated carbocycles. The first-order chi connectivity index (χ1) is 18.3. The fourth-order valence-electron chi connectivity index (χ4n) is 4.64. The van der Waals surface area contributed by atoms with E-state index in [1.807, 2.05) is 36.4 Å². The third kappa shape index (κ3) is 5.62. The molecule has 3 aromatic carbocycles. The van der Waals surface area contributed by atoms with Gasteiger partial charge in [0, 0.05) is 26.2 Å². The molecule has 0 spiro atoms. The van der Waals surface area contributed by atoms with Crippen molar-refractivity contribution < 1.29 is 17.6 Å². The Kier molecular flexibility index (Phi) is 7.55. The Hall–Kier alpha value is -3.60. The summed E-state index contributed by atoms with van der Waals surface area (Å²) < 4.78 is 40.9. The van der Waals surface area contributed by atoms with Crippen LogP contribution < -0.4 is 4.72 Å². The van der Waals surface area contributed by atoms with E-state index in [4.69, 9.17) is 0 Å². The second kappa shape index (κ2) is 11.0. The van der Waals surface area contributed by atoms with Gasteiger partial charge in [0.2, 0.25) is 0 Å². The van der Waals surface area contributed by atoms with Crippen LogP contribution in [0.2, 0.25) is 0 Å². The highest BCUT2D eigenvalue weighted by Gasteiger charge is 2.30. The van der Waals surface area contributed by atoms with Crippen molar-refractivity contribution in [3.05, 3.63) is 112 Å². The summed E-state index contributed by atoms with van der Waals surface area (Å²) in [5.41, 5.74) is 2.87. The SMILES string of the molecule is Cc1nc(NS(=O)(=O)c2ccc(F)cc2)sc1C(=O)N1CCN(C(c2ccccc2)c2ccccc2)CC1. The van der Waals surface area contributed by atoms with Gasteiger partial charge in [0.05, 0.1) is 16.6 Å². The molecule has 7 nitrogen and oxygen atoms in total. The van der Waals surface area contributed by atoms with Crippen LogP contribution in [-0.4, -0.2) is 55.3 Å². The average Bonchev–Trinajstić information content (AvgIpc) is 3.29. The highest BCUT2D eigenvalue weighted by molar-refractivity contribution is 7.93. The van der Waals surface area contributed by atoms with Gasteiger partial charge in [0.25, 0.3) is 15.9 Å². The van der Waals surface area contributed by atoms with E-state index < -0.39 is 15.8 Å². The topological polar surface area (TPSA) is 82.6 Å². The molecular formula is C28H27FN4O3S2. The molecule has 0 unspecified atom stereocenters. The van der Waals surface area contributed by atoms with Crippen LogP contribution in [0.1, 0.15) is 32.5 Å². The van der Waals surface area contributed by atoms with E-state index in [0.29, 0.717) is 36.8 Å². The Morgan fingerprint density at radius 2 is 1.45 bits per heavy atom. The zero-order chi connectivity index (χ0) is 26.7. The number of hydrogen-bond donors (Lipinski definition) is 1. The molecular weight excluding hydrogens is 523 g/mol. The zero-order valence-electron chi connectivity index (χ0n) is 20.7. The van der Waals surface area contributed by atoms with Gasteiger partial charge in [0.15, 0.2) is 5.13 Å². The maximum absolute atomic E-state index is 13.4. The van der Waals surface area contributed by atoms with Crippen LogP contribution in [0.3, 0.4) is 0 Å². The maximum Gasteiger partial charge on any atom is 0.266 e. The number of amides is 1. The minimum absolute atomic E-state index is 0.0814. The molecule has 196 valence electrons. The molecule has 38 heavy (non-hydrogen) atoms. The number of thiazole rings is 1. The molecule has 1 aromatic heterocycles. The Morgan fingerprint density at radius 3 is 2.00 bits per heavy atom. The number of carbonyl (C=O) groups is 1. The minimum atomic E-state index is -3.95. The molecule has 0 aliphatic carbocycles. The maximum atomic E-state index is 13.4. The predicted molar refractivity (Wildman–Crippen MR) is 146 cm³/mol. The van der Waals surface area contributed by atoms with Crippen molar-refractivity contribution in [3.63, 3.8) is 0 Å². The number of aryl methyl sites for hydroxylation is 1. The van der Waals surface area contributed by atoms with Crippen molar-refractivity contribution in [1.82, 2.24) is 14.8 Å². The Morgan fingerprint density at radius 1 is 0.895 bits per heavy atom. The van der Waals surface area contributed by atoms with Crippen molar-refractivity contribution in [2.45, 2.75) is 17.9 Å². The summed E-state index contributed by atoms with van der Waals surface area (Å²) >= 11 is 1.01. The summed E-state index contributed by atoms with van der Waals surface area (Å²) in [6.45, 7) is 4.17. The minimum Gasteiger partial charge on any atom is -0.335 e. The number of nitrogens with zero attached hydrogens (tertiary/aromatic N) is 3. The van der Waals surface area contributed by atoms with Crippen molar-refractivity contribution in [2.75, 3.05) is 30.9 Å². The number of halogens is 1. The third-order valence-electron chi connectivity index (χ3n) is 6.53. The summed E-state index contributed by atoms with van der Waals surface area (Å²) in [5.74, 6) is -0.691. The molecule has 10 heteroatoms. The Labute approximate surface area is 225 Å². The Balaban J connectivity index is 1.28. The van der Waals surface area contributed by atoms with Gasteiger partial charge in [-0.05, 0) is 42.3 Å². The fourth-order valence-corrected chi connectivity index (χ4v) is 6.81. The quantitative estimate of drug-likeness (QED) is 0.353. The van der Waals surface area contributed by atoms with Crippen LogP contribution in [0.25, 0.3) is 0 Å². The smallest absolute Gasteiger partial charge is 0.266 e. The molecule has 1 fully saturated rings. The molecule has 5 rings (SSSR count). The van der Waals surface area contributed by atoms with Crippen LogP contribution >= 0.6 is 11.3 Å². The molecule has 1 amide bonds. The van der Waals surface area contributed by atoms with Crippen LogP contribution in [-0.2, 0) is 10.0 Å². The summed E-state index contributed by atoms with van der Waals surface area (Å²) in [7, 11) is -3.95. The van der Waals surface area contributed by atoms with Crippen molar-refractivity contribution in [2.24, 2.45) is 0 Å². The normalized spacial score (nSPS) is 14.6. The first kappa shape index (κ1) is 26.0. The van der Waals surface area contributed by atoms with Gasteiger partial charge in [-0.15, -0.1) is 0 Å². The van der Waals surface area contributed by atoms with E-state index in [-0.39, 0.29) is 22.0 Å². The van der Waals surface area contributed by atoms with Crippen molar-refractivity contribution >= 4 is 32.4 Å². The van der Waals surface area contributed by atoms with Crippen LogP contribution in [0.5, 0.6) is 0 Å². The molecule has 4 aromatic rings. The van der Waals surface area contributed by atoms with Crippen LogP contribution in [0.4, 0.5) is 9.52 Å². The van der Waals surface area contributed by atoms with E-state index in [9.17, 15) is 17.6 Å². The Bertz CT molecular complexity index is 1460. The number of benzene rings is 3. The van der Waals surface area contributed by atoms with Crippen LogP contribution in [0, 0.1) is 12.7 Å². The number of piperazine rings is 1. The first-order valence-corrected chi connectivity index (χ1v) is 14.5. The highest BCUT2D eigenvalue weighted by atomic mass is 32.2. The van der Waals surface area contributed by atoms with Gasteiger partial charge in [-0.3, -0.25) is 14.4 Å². The number of rotatable bonds is 7. The summed E-state index contributed by atoms with van der Waals surface area (Å²) in [6, 6.07) is 25.3. The lowest BCUT2D eigenvalue weighted by Gasteiger charge is -2.39. The van der Waals surface area contributed by atoms with E-state index in [1.54, 1.807) is 11.8 Å². The number of aromatic nitrogens is 1. The monoisotopic (exact) mass is 550 g/mol. The van der Waals surface area contributed by atoms with Gasteiger partial charge >= 0.3 is 0 Å². The predicted octanol–water partition coefficient (Wildman–Crippen LogP) is 4.94. The third-order valence-corrected chi connectivity index (χ3v) is 9.08. The van der Waals surface area contributed by atoms with Crippen LogP contribution in [0.15, 0.2) is 89.8 Å².